The number of fused-ring (bicyclic) bond motifs is 1. The lowest BCUT2D eigenvalue weighted by molar-refractivity contribution is -0.116. The molecule has 1 amide bonds. The number of carbonyl (C=O) groups excluding carboxylic acids is 1. The van der Waals surface area contributed by atoms with Crippen LogP contribution in [0.3, 0.4) is 0 Å². The van der Waals surface area contributed by atoms with Crippen molar-refractivity contribution < 1.29 is 4.79 Å². The van der Waals surface area contributed by atoms with Crippen molar-refractivity contribution in [2.24, 2.45) is 0 Å². The molecular formula is C22H18ClNOS2. The van der Waals surface area contributed by atoms with E-state index < -0.39 is 0 Å². The summed E-state index contributed by atoms with van der Waals surface area (Å²) in [5.74, 6) is 1.30. The van der Waals surface area contributed by atoms with Gasteiger partial charge in [0.15, 0.2) is 0 Å². The molecule has 1 atom stereocenters. The Morgan fingerprint density at radius 2 is 1.70 bits per heavy atom. The number of thioether (sulfide) groups is 2. The van der Waals surface area contributed by atoms with E-state index in [1.54, 1.807) is 0 Å². The summed E-state index contributed by atoms with van der Waals surface area (Å²) in [6.45, 7) is 0. The zero-order valence-electron chi connectivity index (χ0n) is 14.5. The maximum atomic E-state index is 13.3. The van der Waals surface area contributed by atoms with Crippen LogP contribution in [0.4, 0.5) is 5.69 Å². The number of hydrogen-bond donors (Lipinski definition) is 0. The molecule has 3 aromatic carbocycles. The molecule has 0 saturated heterocycles. The van der Waals surface area contributed by atoms with Gasteiger partial charge >= 0.3 is 0 Å². The van der Waals surface area contributed by atoms with Crippen molar-refractivity contribution in [1.29, 1.82) is 0 Å². The third kappa shape index (κ3) is 4.03. The molecular weight excluding hydrogens is 394 g/mol. The fraction of sp³-hybridized carbons (Fsp3) is 0.136. The Labute approximate surface area is 172 Å². The number of rotatable bonds is 4. The van der Waals surface area contributed by atoms with Crippen molar-refractivity contribution in [2.45, 2.75) is 15.8 Å². The van der Waals surface area contributed by atoms with Crippen molar-refractivity contribution in [3.05, 3.63) is 89.4 Å². The summed E-state index contributed by atoms with van der Waals surface area (Å²) in [4.78, 5) is 17.3. The third-order valence-corrected chi connectivity index (χ3v) is 7.11. The lowest BCUT2D eigenvalue weighted by Crippen LogP contribution is -2.39. The van der Waals surface area contributed by atoms with Crippen LogP contribution in [0.2, 0.25) is 5.02 Å². The van der Waals surface area contributed by atoms with E-state index in [2.05, 4.69) is 18.2 Å². The van der Waals surface area contributed by atoms with Crippen LogP contribution in [0.15, 0.2) is 88.7 Å². The van der Waals surface area contributed by atoms with Crippen molar-refractivity contribution in [2.75, 3.05) is 16.4 Å². The van der Waals surface area contributed by atoms with Gasteiger partial charge in [0.1, 0.15) is 0 Å². The summed E-state index contributed by atoms with van der Waals surface area (Å²) in [7, 11) is 0. The summed E-state index contributed by atoms with van der Waals surface area (Å²) in [5, 5.41) is 0.685. The highest BCUT2D eigenvalue weighted by Crippen LogP contribution is 2.43. The molecule has 5 heteroatoms. The van der Waals surface area contributed by atoms with Crippen LogP contribution in [-0.2, 0) is 4.79 Å². The normalized spacial score (nSPS) is 16.0. The molecule has 1 aliphatic heterocycles. The van der Waals surface area contributed by atoms with E-state index in [-0.39, 0.29) is 11.9 Å². The van der Waals surface area contributed by atoms with Gasteiger partial charge in [0.25, 0.3) is 0 Å². The Morgan fingerprint density at radius 1 is 1.00 bits per heavy atom. The first kappa shape index (κ1) is 18.5. The molecule has 0 bridgehead atoms. The number of amides is 1. The van der Waals surface area contributed by atoms with Gasteiger partial charge in [-0.05, 0) is 29.8 Å². The highest BCUT2D eigenvalue weighted by atomic mass is 35.5. The van der Waals surface area contributed by atoms with Gasteiger partial charge < -0.3 is 4.90 Å². The summed E-state index contributed by atoms with van der Waals surface area (Å²) in [5.41, 5.74) is 2.16. The quantitative estimate of drug-likeness (QED) is 0.469. The second-order valence-electron chi connectivity index (χ2n) is 6.19. The van der Waals surface area contributed by atoms with E-state index in [0.29, 0.717) is 10.8 Å². The van der Waals surface area contributed by atoms with E-state index in [4.69, 9.17) is 11.6 Å². The van der Waals surface area contributed by atoms with Gasteiger partial charge in [-0.15, -0.1) is 23.5 Å². The monoisotopic (exact) mass is 411 g/mol. The minimum Gasteiger partial charge on any atom is -0.302 e. The number of hydrogen-bond acceptors (Lipinski definition) is 3. The molecule has 1 aliphatic rings. The minimum atomic E-state index is 0.0328. The fourth-order valence-corrected chi connectivity index (χ4v) is 5.46. The third-order valence-electron chi connectivity index (χ3n) is 4.47. The summed E-state index contributed by atoms with van der Waals surface area (Å²) >= 11 is 9.55. The lowest BCUT2D eigenvalue weighted by atomic mass is 10.1. The maximum absolute atomic E-state index is 13.3. The lowest BCUT2D eigenvalue weighted by Gasteiger charge is -2.37. The first-order chi connectivity index (χ1) is 13.2. The largest absolute Gasteiger partial charge is 0.302 e. The number of nitrogens with zero attached hydrogens (tertiary/aromatic N) is 1. The molecule has 4 rings (SSSR count). The van der Waals surface area contributed by atoms with Gasteiger partial charge in [-0.1, -0.05) is 66.2 Å². The van der Waals surface area contributed by atoms with E-state index in [9.17, 15) is 4.79 Å². The van der Waals surface area contributed by atoms with E-state index >= 15 is 0 Å². The SMILES string of the molecule is O=C(CSc1ccccc1Cl)N1c2ccccc2SC[C@H]1c1ccccc1. The van der Waals surface area contributed by atoms with Gasteiger partial charge in [-0.2, -0.15) is 0 Å². The number of carbonyl (C=O) groups is 1. The molecule has 136 valence electrons. The van der Waals surface area contributed by atoms with Crippen LogP contribution in [0.1, 0.15) is 11.6 Å². The topological polar surface area (TPSA) is 20.3 Å². The van der Waals surface area contributed by atoms with Crippen LogP contribution in [-0.4, -0.2) is 17.4 Å². The molecule has 0 aromatic heterocycles. The van der Waals surface area contributed by atoms with Gasteiger partial charge in [-0.25, -0.2) is 0 Å². The Balaban J connectivity index is 1.63. The number of para-hydroxylation sites is 1. The molecule has 0 unspecified atom stereocenters. The maximum Gasteiger partial charge on any atom is 0.237 e. The highest BCUT2D eigenvalue weighted by molar-refractivity contribution is 8.00. The van der Waals surface area contributed by atoms with Crippen molar-refractivity contribution in [3.8, 4) is 0 Å². The second-order valence-corrected chi connectivity index (χ2v) is 8.67. The molecule has 0 spiro atoms. The van der Waals surface area contributed by atoms with Crippen LogP contribution < -0.4 is 4.90 Å². The molecule has 27 heavy (non-hydrogen) atoms. The van der Waals surface area contributed by atoms with Crippen molar-refractivity contribution in [3.63, 3.8) is 0 Å². The van der Waals surface area contributed by atoms with Crippen molar-refractivity contribution >= 4 is 46.7 Å². The first-order valence-electron chi connectivity index (χ1n) is 8.70. The molecule has 1 heterocycles. The summed E-state index contributed by atoms with van der Waals surface area (Å²) < 4.78 is 0. The molecule has 0 fully saturated rings. The number of halogens is 1. The van der Waals surface area contributed by atoms with E-state index in [1.807, 2.05) is 77.3 Å². The van der Waals surface area contributed by atoms with Gasteiger partial charge in [0.05, 0.1) is 22.5 Å². The zero-order chi connectivity index (χ0) is 18.6. The van der Waals surface area contributed by atoms with Gasteiger partial charge in [0, 0.05) is 15.5 Å². The fourth-order valence-electron chi connectivity index (χ4n) is 3.19. The molecule has 2 nitrogen and oxygen atoms in total. The Hall–Kier alpha value is -1.88. The molecule has 0 radical (unpaired) electrons. The van der Waals surface area contributed by atoms with Crippen LogP contribution in [0.25, 0.3) is 0 Å². The summed E-state index contributed by atoms with van der Waals surface area (Å²) in [6, 6.07) is 26.1. The first-order valence-corrected chi connectivity index (χ1v) is 11.0. The second kappa shape index (κ2) is 8.42. The Bertz CT molecular complexity index is 948. The predicted octanol–water partition coefficient (Wildman–Crippen LogP) is 6.31. The predicted molar refractivity (Wildman–Crippen MR) is 116 cm³/mol. The summed E-state index contributed by atoms with van der Waals surface area (Å²) in [6.07, 6.45) is 0. The van der Waals surface area contributed by atoms with Crippen molar-refractivity contribution in [1.82, 2.24) is 0 Å². The van der Waals surface area contributed by atoms with E-state index in [0.717, 1.165) is 26.8 Å². The smallest absolute Gasteiger partial charge is 0.237 e. The Kier molecular flexibility index (Phi) is 5.77. The average molecular weight is 412 g/mol. The average Bonchev–Trinajstić information content (AvgIpc) is 2.72. The minimum absolute atomic E-state index is 0.0328. The standard InChI is InChI=1S/C22H18ClNOS2/c23-17-10-4-6-12-20(17)27-15-22(25)24-18-11-5-7-13-21(18)26-14-19(24)16-8-2-1-3-9-16/h1-13,19H,14-15H2/t19-/m0/s1. The molecule has 0 N–H and O–H groups in total. The molecule has 3 aromatic rings. The molecule has 0 saturated carbocycles. The van der Waals surface area contributed by atoms with E-state index in [1.165, 1.54) is 11.8 Å². The Morgan fingerprint density at radius 3 is 2.52 bits per heavy atom. The van der Waals surface area contributed by atoms with Crippen LogP contribution in [0.5, 0.6) is 0 Å². The molecule has 0 aliphatic carbocycles. The van der Waals surface area contributed by atoms with Gasteiger partial charge in [0.2, 0.25) is 5.91 Å². The zero-order valence-corrected chi connectivity index (χ0v) is 16.9. The highest BCUT2D eigenvalue weighted by Gasteiger charge is 2.32. The number of benzene rings is 3. The van der Waals surface area contributed by atoms with Crippen LogP contribution in [0, 0.1) is 0 Å². The van der Waals surface area contributed by atoms with Crippen LogP contribution >= 0.6 is 35.1 Å². The van der Waals surface area contributed by atoms with Gasteiger partial charge in [-0.3, -0.25) is 4.79 Å². The number of anilines is 1.